The van der Waals surface area contributed by atoms with Crippen molar-refractivity contribution in [3.05, 3.63) is 12.7 Å². The predicted molar refractivity (Wildman–Crippen MR) is 101 cm³/mol. The quantitative estimate of drug-likeness (QED) is 0.705. The second-order valence-electron chi connectivity index (χ2n) is 8.36. The molecule has 1 aliphatic heterocycles. The molecule has 1 aliphatic rings. The lowest BCUT2D eigenvalue weighted by Gasteiger charge is -2.31. The van der Waals surface area contributed by atoms with E-state index in [9.17, 15) is 14.4 Å². The third-order valence-corrected chi connectivity index (χ3v) is 4.24. The monoisotopic (exact) mass is 367 g/mol. The number of nitrogens with one attached hydrogen (secondary N) is 2. The van der Waals surface area contributed by atoms with Crippen molar-refractivity contribution in [1.82, 2.24) is 15.5 Å². The summed E-state index contributed by atoms with van der Waals surface area (Å²) in [6.45, 7) is 14.3. The van der Waals surface area contributed by atoms with E-state index < -0.39 is 17.2 Å². The van der Waals surface area contributed by atoms with Gasteiger partial charge in [-0.3, -0.25) is 9.59 Å². The molecule has 0 aliphatic carbocycles. The summed E-state index contributed by atoms with van der Waals surface area (Å²) in [4.78, 5) is 37.4. The van der Waals surface area contributed by atoms with Crippen molar-refractivity contribution < 1.29 is 19.1 Å². The van der Waals surface area contributed by atoms with Gasteiger partial charge in [0.1, 0.15) is 5.60 Å². The smallest absolute Gasteiger partial charge is 0.408 e. The molecular formula is C19H33N3O4. The van der Waals surface area contributed by atoms with Crippen molar-refractivity contribution in [1.29, 1.82) is 0 Å². The summed E-state index contributed by atoms with van der Waals surface area (Å²) < 4.78 is 5.26. The Kier molecular flexibility index (Phi) is 7.66. The number of nitrogens with zero attached hydrogens (tertiary/aromatic N) is 1. The second kappa shape index (κ2) is 9.05. The molecule has 0 atom stereocenters. The van der Waals surface area contributed by atoms with Gasteiger partial charge in [0, 0.05) is 31.1 Å². The summed E-state index contributed by atoms with van der Waals surface area (Å²) in [7, 11) is 0. The van der Waals surface area contributed by atoms with Crippen LogP contribution in [0.25, 0.3) is 0 Å². The molecule has 1 fully saturated rings. The van der Waals surface area contributed by atoms with Crippen LogP contribution in [0.1, 0.15) is 53.9 Å². The standard InChI is InChI=1S/C19H33N3O4/c1-7-15(23)22-12-8-14(9-13-22)16(24)20-11-10-19(5,6)21-17(25)26-18(2,3)4/h7,14H,1,8-13H2,2-6H3,(H,20,24)(H,21,25). The zero-order valence-corrected chi connectivity index (χ0v) is 16.7. The van der Waals surface area contributed by atoms with Crippen molar-refractivity contribution in [2.45, 2.75) is 65.0 Å². The fraction of sp³-hybridized carbons (Fsp3) is 0.737. The largest absolute Gasteiger partial charge is 0.444 e. The first kappa shape index (κ1) is 22.0. The van der Waals surface area contributed by atoms with Crippen LogP contribution in [0.2, 0.25) is 0 Å². The third-order valence-electron chi connectivity index (χ3n) is 4.24. The summed E-state index contributed by atoms with van der Waals surface area (Å²) in [5.41, 5.74) is -1.04. The van der Waals surface area contributed by atoms with Crippen LogP contribution in [-0.4, -0.2) is 53.6 Å². The van der Waals surface area contributed by atoms with E-state index in [1.807, 2.05) is 34.6 Å². The Morgan fingerprint density at radius 2 is 1.73 bits per heavy atom. The molecule has 0 aromatic rings. The normalized spacial score (nSPS) is 16.0. The molecule has 0 spiro atoms. The first-order chi connectivity index (χ1) is 11.9. The van der Waals surface area contributed by atoms with Gasteiger partial charge in [0.15, 0.2) is 0 Å². The van der Waals surface area contributed by atoms with Crippen molar-refractivity contribution in [2.75, 3.05) is 19.6 Å². The minimum atomic E-state index is -0.545. The van der Waals surface area contributed by atoms with Gasteiger partial charge in [0.05, 0.1) is 0 Å². The molecule has 3 amide bonds. The molecule has 0 bridgehead atoms. The minimum Gasteiger partial charge on any atom is -0.444 e. The van der Waals surface area contributed by atoms with Gasteiger partial charge in [-0.1, -0.05) is 6.58 Å². The molecule has 26 heavy (non-hydrogen) atoms. The summed E-state index contributed by atoms with van der Waals surface area (Å²) in [5, 5.41) is 5.76. The van der Waals surface area contributed by atoms with Crippen LogP contribution < -0.4 is 10.6 Å². The van der Waals surface area contributed by atoms with Crippen LogP contribution >= 0.6 is 0 Å². The number of alkyl carbamates (subject to hydrolysis) is 1. The Labute approximate surface area is 156 Å². The first-order valence-corrected chi connectivity index (χ1v) is 9.14. The van der Waals surface area contributed by atoms with E-state index in [0.717, 1.165) is 0 Å². The fourth-order valence-corrected chi connectivity index (χ4v) is 2.78. The molecule has 0 unspecified atom stereocenters. The number of ether oxygens (including phenoxy) is 1. The van der Waals surface area contributed by atoms with Gasteiger partial charge in [-0.15, -0.1) is 0 Å². The molecule has 7 nitrogen and oxygen atoms in total. The van der Waals surface area contributed by atoms with E-state index in [2.05, 4.69) is 17.2 Å². The zero-order valence-electron chi connectivity index (χ0n) is 16.7. The maximum Gasteiger partial charge on any atom is 0.408 e. The highest BCUT2D eigenvalue weighted by Crippen LogP contribution is 2.18. The number of piperidine rings is 1. The summed E-state index contributed by atoms with van der Waals surface area (Å²) in [5.74, 6) is -0.159. The maximum absolute atomic E-state index is 12.3. The molecule has 1 heterocycles. The number of rotatable bonds is 6. The van der Waals surface area contributed by atoms with Crippen molar-refractivity contribution in [3.8, 4) is 0 Å². The van der Waals surface area contributed by atoms with E-state index in [0.29, 0.717) is 38.9 Å². The molecule has 0 aromatic heterocycles. The SMILES string of the molecule is C=CC(=O)N1CCC(C(=O)NCCC(C)(C)NC(=O)OC(C)(C)C)CC1. The molecule has 148 valence electrons. The highest BCUT2D eigenvalue weighted by molar-refractivity contribution is 5.87. The maximum atomic E-state index is 12.3. The summed E-state index contributed by atoms with van der Waals surface area (Å²) in [6, 6.07) is 0. The molecule has 0 saturated carbocycles. The summed E-state index contributed by atoms with van der Waals surface area (Å²) >= 11 is 0. The Hall–Kier alpha value is -2.05. The second-order valence-corrected chi connectivity index (χ2v) is 8.36. The van der Waals surface area contributed by atoms with Gasteiger partial charge in [-0.05, 0) is 60.0 Å². The number of carbonyl (C=O) groups excluding carboxylic acids is 3. The predicted octanol–water partition coefficient (Wildman–Crippen LogP) is 2.22. The highest BCUT2D eigenvalue weighted by Gasteiger charge is 2.28. The van der Waals surface area contributed by atoms with E-state index in [-0.39, 0.29) is 17.7 Å². The number of amides is 3. The number of hydrogen-bond donors (Lipinski definition) is 2. The van der Waals surface area contributed by atoms with Gasteiger partial charge in [0.2, 0.25) is 11.8 Å². The fourth-order valence-electron chi connectivity index (χ4n) is 2.78. The molecule has 7 heteroatoms. The van der Waals surface area contributed by atoms with E-state index in [4.69, 9.17) is 4.74 Å². The molecular weight excluding hydrogens is 334 g/mol. The zero-order chi connectivity index (χ0) is 20.0. The van der Waals surface area contributed by atoms with E-state index >= 15 is 0 Å². The van der Waals surface area contributed by atoms with Gasteiger partial charge < -0.3 is 20.3 Å². The number of hydrogen-bond acceptors (Lipinski definition) is 4. The highest BCUT2D eigenvalue weighted by atomic mass is 16.6. The van der Waals surface area contributed by atoms with Crippen LogP contribution in [0.4, 0.5) is 4.79 Å². The lowest BCUT2D eigenvalue weighted by atomic mass is 9.95. The molecule has 2 N–H and O–H groups in total. The van der Waals surface area contributed by atoms with Crippen molar-refractivity contribution in [2.24, 2.45) is 5.92 Å². The van der Waals surface area contributed by atoms with Crippen LogP contribution in [-0.2, 0) is 14.3 Å². The topological polar surface area (TPSA) is 87.7 Å². The van der Waals surface area contributed by atoms with Crippen molar-refractivity contribution >= 4 is 17.9 Å². The molecule has 0 radical (unpaired) electrons. The van der Waals surface area contributed by atoms with Crippen LogP contribution in [0.3, 0.4) is 0 Å². The Balaban J connectivity index is 2.33. The van der Waals surface area contributed by atoms with Gasteiger partial charge in [-0.25, -0.2) is 4.79 Å². The Morgan fingerprint density at radius 1 is 1.15 bits per heavy atom. The Bertz CT molecular complexity index is 529. The number of likely N-dealkylation sites (tertiary alicyclic amines) is 1. The van der Waals surface area contributed by atoms with E-state index in [1.165, 1.54) is 6.08 Å². The molecule has 1 saturated heterocycles. The van der Waals surface area contributed by atoms with Crippen molar-refractivity contribution in [3.63, 3.8) is 0 Å². The molecule has 0 aromatic carbocycles. The Morgan fingerprint density at radius 3 is 2.23 bits per heavy atom. The summed E-state index contributed by atoms with van der Waals surface area (Å²) in [6.07, 6.45) is 2.75. The minimum absolute atomic E-state index is 0.00349. The lowest BCUT2D eigenvalue weighted by molar-refractivity contribution is -0.132. The van der Waals surface area contributed by atoms with Crippen LogP contribution in [0.5, 0.6) is 0 Å². The average Bonchev–Trinajstić information content (AvgIpc) is 2.51. The molecule has 1 rings (SSSR count). The third kappa shape index (κ3) is 7.89. The van der Waals surface area contributed by atoms with E-state index in [1.54, 1.807) is 4.90 Å². The van der Waals surface area contributed by atoms with Crippen LogP contribution in [0.15, 0.2) is 12.7 Å². The first-order valence-electron chi connectivity index (χ1n) is 9.14. The van der Waals surface area contributed by atoms with Crippen LogP contribution in [0, 0.1) is 5.92 Å². The number of carbonyl (C=O) groups is 3. The van der Waals surface area contributed by atoms with Gasteiger partial charge >= 0.3 is 6.09 Å². The van der Waals surface area contributed by atoms with Gasteiger partial charge in [0.25, 0.3) is 0 Å². The average molecular weight is 367 g/mol. The lowest BCUT2D eigenvalue weighted by Crippen LogP contribution is -2.48. The van der Waals surface area contributed by atoms with Gasteiger partial charge in [-0.2, -0.15) is 0 Å².